The van der Waals surface area contributed by atoms with E-state index in [9.17, 15) is 15.3 Å². The van der Waals surface area contributed by atoms with Gasteiger partial charge in [-0.05, 0) is 43.9 Å². The van der Waals surface area contributed by atoms with Crippen molar-refractivity contribution < 1.29 is 15.3 Å². The zero-order valence-corrected chi connectivity index (χ0v) is 18.7. The van der Waals surface area contributed by atoms with E-state index in [1.54, 1.807) is 17.8 Å². The Bertz CT molecular complexity index is 1050. The van der Waals surface area contributed by atoms with E-state index < -0.39 is 6.10 Å². The van der Waals surface area contributed by atoms with Crippen LogP contribution in [0.5, 0.6) is 11.5 Å². The van der Waals surface area contributed by atoms with Crippen molar-refractivity contribution in [2.75, 3.05) is 17.3 Å². The predicted octanol–water partition coefficient (Wildman–Crippen LogP) is 3.41. The number of nitrogens with one attached hydrogen (secondary N) is 2. The molecule has 3 aromatic rings. The number of phenols is 2. The van der Waals surface area contributed by atoms with Crippen LogP contribution in [0.25, 0.3) is 11.0 Å². The average Bonchev–Trinajstić information content (AvgIpc) is 3.07. The standard InChI is InChI=1S/C22H32N6O3/c1-6-7-18-25-19-20(27-28(21(19)12(2)3)23-11-13(4)29)22(26-18)24-14(5)15-8-9-16(30)17(31)10-15/h8-10,12-14,23,29-31H,6-7,11H2,1-5H3,(H,24,25,26). The van der Waals surface area contributed by atoms with Crippen LogP contribution in [0.3, 0.4) is 0 Å². The van der Waals surface area contributed by atoms with Crippen molar-refractivity contribution in [3.05, 3.63) is 35.3 Å². The molecule has 31 heavy (non-hydrogen) atoms. The van der Waals surface area contributed by atoms with Gasteiger partial charge in [-0.15, -0.1) is 5.10 Å². The second-order valence-corrected chi connectivity index (χ2v) is 8.21. The lowest BCUT2D eigenvalue weighted by Crippen LogP contribution is -2.26. The number of rotatable bonds is 9. The summed E-state index contributed by atoms with van der Waals surface area (Å²) in [7, 11) is 0. The van der Waals surface area contributed by atoms with E-state index in [2.05, 4.69) is 31.5 Å². The summed E-state index contributed by atoms with van der Waals surface area (Å²) in [6.45, 7) is 10.3. The van der Waals surface area contributed by atoms with Crippen LogP contribution in [-0.2, 0) is 6.42 Å². The molecule has 2 atom stereocenters. The maximum atomic E-state index is 9.86. The molecule has 0 saturated heterocycles. The molecule has 3 rings (SSSR count). The number of hydrogen-bond donors (Lipinski definition) is 5. The first kappa shape index (κ1) is 22.6. The molecule has 9 nitrogen and oxygen atoms in total. The van der Waals surface area contributed by atoms with Crippen LogP contribution < -0.4 is 10.7 Å². The summed E-state index contributed by atoms with van der Waals surface area (Å²) >= 11 is 0. The lowest BCUT2D eigenvalue weighted by molar-refractivity contribution is 0.203. The predicted molar refractivity (Wildman–Crippen MR) is 121 cm³/mol. The quantitative estimate of drug-likeness (QED) is 0.328. The SMILES string of the molecule is CCCc1nc(NC(C)c2ccc(O)c(O)c2)c2nn(NCC(C)O)c(C(C)C)c2n1. The monoisotopic (exact) mass is 428 g/mol. The number of aryl methyl sites for hydroxylation is 1. The summed E-state index contributed by atoms with van der Waals surface area (Å²) in [5, 5.41) is 37.2. The smallest absolute Gasteiger partial charge is 0.158 e. The minimum absolute atomic E-state index is 0.148. The molecular weight excluding hydrogens is 396 g/mol. The molecule has 9 heteroatoms. The maximum Gasteiger partial charge on any atom is 0.158 e. The molecule has 2 unspecified atom stereocenters. The first-order valence-corrected chi connectivity index (χ1v) is 10.7. The highest BCUT2D eigenvalue weighted by molar-refractivity contribution is 5.87. The Morgan fingerprint density at radius 1 is 1.03 bits per heavy atom. The topological polar surface area (TPSA) is 128 Å². The summed E-state index contributed by atoms with van der Waals surface area (Å²) in [5.41, 5.74) is 6.29. The summed E-state index contributed by atoms with van der Waals surface area (Å²) in [6, 6.07) is 4.55. The van der Waals surface area contributed by atoms with Gasteiger partial charge in [-0.1, -0.05) is 26.8 Å². The normalized spacial score (nSPS) is 13.5. The van der Waals surface area contributed by atoms with Crippen molar-refractivity contribution in [1.82, 2.24) is 19.9 Å². The number of phenolic OH excluding ortho intramolecular Hbond substituents is 2. The fourth-order valence-electron chi connectivity index (χ4n) is 3.42. The molecule has 0 saturated carbocycles. The zero-order valence-electron chi connectivity index (χ0n) is 18.7. The lowest BCUT2D eigenvalue weighted by atomic mass is 10.1. The number of hydrogen-bond acceptors (Lipinski definition) is 8. The van der Waals surface area contributed by atoms with Crippen LogP contribution in [-0.4, -0.2) is 47.8 Å². The van der Waals surface area contributed by atoms with Crippen LogP contribution >= 0.6 is 0 Å². The molecule has 0 amide bonds. The van der Waals surface area contributed by atoms with Crippen molar-refractivity contribution in [2.45, 2.75) is 65.5 Å². The third-order valence-electron chi connectivity index (χ3n) is 5.01. The summed E-state index contributed by atoms with van der Waals surface area (Å²) in [5.74, 6) is 1.16. The highest BCUT2D eigenvalue weighted by Crippen LogP contribution is 2.32. The third-order valence-corrected chi connectivity index (χ3v) is 5.01. The molecule has 0 radical (unpaired) electrons. The van der Waals surface area contributed by atoms with Gasteiger partial charge in [0, 0.05) is 6.42 Å². The average molecular weight is 429 g/mol. The van der Waals surface area contributed by atoms with Crippen molar-refractivity contribution in [3.63, 3.8) is 0 Å². The molecule has 2 heterocycles. The van der Waals surface area contributed by atoms with Crippen molar-refractivity contribution in [2.24, 2.45) is 0 Å². The Kier molecular flexibility index (Phi) is 6.84. The minimum Gasteiger partial charge on any atom is -0.504 e. The van der Waals surface area contributed by atoms with E-state index in [-0.39, 0.29) is 23.5 Å². The molecule has 168 valence electrons. The van der Waals surface area contributed by atoms with Crippen LogP contribution in [0.15, 0.2) is 18.2 Å². The molecule has 5 N–H and O–H groups in total. The van der Waals surface area contributed by atoms with Crippen LogP contribution in [0, 0.1) is 0 Å². The van der Waals surface area contributed by atoms with E-state index in [1.165, 1.54) is 12.1 Å². The third kappa shape index (κ3) is 4.99. The molecular formula is C22H32N6O3. The van der Waals surface area contributed by atoms with E-state index in [0.717, 1.165) is 35.4 Å². The Balaban J connectivity index is 2.07. The molecule has 0 fully saturated rings. The van der Waals surface area contributed by atoms with E-state index >= 15 is 0 Å². The van der Waals surface area contributed by atoms with Gasteiger partial charge < -0.3 is 26.1 Å². The summed E-state index contributed by atoms with van der Waals surface area (Å²) in [6.07, 6.45) is 1.13. The first-order valence-electron chi connectivity index (χ1n) is 10.7. The number of aliphatic hydroxyl groups is 1. The van der Waals surface area contributed by atoms with Crippen molar-refractivity contribution in [3.8, 4) is 11.5 Å². The van der Waals surface area contributed by atoms with Gasteiger partial charge in [-0.3, -0.25) is 0 Å². The molecule has 0 aliphatic heterocycles. The number of aromatic nitrogens is 4. The molecule has 0 aliphatic rings. The fraction of sp³-hybridized carbons (Fsp3) is 0.500. The lowest BCUT2D eigenvalue weighted by Gasteiger charge is -2.16. The molecule has 2 aromatic heterocycles. The largest absolute Gasteiger partial charge is 0.504 e. The summed E-state index contributed by atoms with van der Waals surface area (Å²) in [4.78, 5) is 11.2. The number of fused-ring (bicyclic) bond motifs is 1. The van der Waals surface area contributed by atoms with Crippen LogP contribution in [0.1, 0.15) is 70.1 Å². The molecule has 0 spiro atoms. The first-order chi connectivity index (χ1) is 14.7. The second-order valence-electron chi connectivity index (χ2n) is 8.21. The Morgan fingerprint density at radius 3 is 2.39 bits per heavy atom. The van der Waals surface area contributed by atoms with E-state index in [1.807, 2.05) is 6.92 Å². The Morgan fingerprint density at radius 2 is 1.77 bits per heavy atom. The highest BCUT2D eigenvalue weighted by Gasteiger charge is 2.22. The van der Waals surface area contributed by atoms with E-state index in [0.29, 0.717) is 17.9 Å². The minimum atomic E-state index is -0.520. The Hall–Kier alpha value is -3.07. The Labute approximate surface area is 182 Å². The second kappa shape index (κ2) is 9.38. The number of anilines is 1. The van der Waals surface area contributed by atoms with Gasteiger partial charge in [0.2, 0.25) is 0 Å². The number of nitrogens with zero attached hydrogens (tertiary/aromatic N) is 4. The van der Waals surface area contributed by atoms with E-state index in [4.69, 9.17) is 15.1 Å². The molecule has 0 bridgehead atoms. The number of aromatic hydroxyl groups is 2. The van der Waals surface area contributed by atoms with Crippen LogP contribution in [0.2, 0.25) is 0 Å². The van der Waals surface area contributed by atoms with Gasteiger partial charge in [0.05, 0.1) is 24.4 Å². The summed E-state index contributed by atoms with van der Waals surface area (Å²) < 4.78 is 0. The van der Waals surface area contributed by atoms with Gasteiger partial charge in [0.1, 0.15) is 11.3 Å². The zero-order chi connectivity index (χ0) is 22.7. The van der Waals surface area contributed by atoms with Crippen LogP contribution in [0.4, 0.5) is 5.82 Å². The number of aliphatic hydroxyl groups excluding tert-OH is 1. The van der Waals surface area contributed by atoms with Gasteiger partial charge in [0.15, 0.2) is 22.8 Å². The molecule has 0 aliphatic carbocycles. The molecule has 1 aromatic carbocycles. The van der Waals surface area contributed by atoms with Gasteiger partial charge >= 0.3 is 0 Å². The van der Waals surface area contributed by atoms with Gasteiger partial charge in [-0.25, -0.2) is 9.97 Å². The van der Waals surface area contributed by atoms with Gasteiger partial charge in [0.25, 0.3) is 0 Å². The maximum absolute atomic E-state index is 9.86. The van der Waals surface area contributed by atoms with Gasteiger partial charge in [-0.2, -0.15) is 4.79 Å². The fourth-order valence-corrected chi connectivity index (χ4v) is 3.42. The number of benzene rings is 1. The van der Waals surface area contributed by atoms with Crippen molar-refractivity contribution >= 4 is 16.9 Å². The van der Waals surface area contributed by atoms with Crippen molar-refractivity contribution in [1.29, 1.82) is 0 Å². The highest BCUT2D eigenvalue weighted by atomic mass is 16.3.